The summed E-state index contributed by atoms with van der Waals surface area (Å²) < 4.78 is 31.3. The molecular formula is C29H32FN3O5. The first-order chi connectivity index (χ1) is 18.5. The van der Waals surface area contributed by atoms with E-state index < -0.39 is 11.4 Å². The fourth-order valence-corrected chi connectivity index (χ4v) is 5.20. The minimum absolute atomic E-state index is 0.0410. The van der Waals surface area contributed by atoms with Crippen LogP contribution < -0.4 is 4.74 Å². The zero-order valence-electron chi connectivity index (χ0n) is 21.5. The number of aryl methyl sites for hydroxylation is 1. The van der Waals surface area contributed by atoms with Crippen LogP contribution >= 0.6 is 0 Å². The van der Waals surface area contributed by atoms with E-state index in [1.807, 2.05) is 25.1 Å². The monoisotopic (exact) mass is 521 g/mol. The summed E-state index contributed by atoms with van der Waals surface area (Å²) in [5, 5.41) is 3.97. The van der Waals surface area contributed by atoms with Gasteiger partial charge in [0.1, 0.15) is 23.9 Å². The zero-order valence-corrected chi connectivity index (χ0v) is 21.5. The minimum atomic E-state index is -1.14. The molecule has 3 aromatic rings. The Morgan fingerprint density at radius 3 is 2.79 bits per heavy atom. The summed E-state index contributed by atoms with van der Waals surface area (Å²) >= 11 is 0. The molecule has 1 atom stereocenters. The van der Waals surface area contributed by atoms with Crippen LogP contribution in [0.4, 0.5) is 4.39 Å². The van der Waals surface area contributed by atoms with Crippen LogP contribution in [0, 0.1) is 5.82 Å². The average Bonchev–Trinajstić information content (AvgIpc) is 3.43. The molecule has 0 N–H and O–H groups in total. The number of halogens is 1. The number of rotatable bonds is 3. The molecule has 2 aromatic carbocycles. The van der Waals surface area contributed by atoms with Crippen LogP contribution in [0.15, 0.2) is 59.1 Å². The first-order valence-corrected chi connectivity index (χ1v) is 13.1. The summed E-state index contributed by atoms with van der Waals surface area (Å²) in [6, 6.07) is 15.5. The van der Waals surface area contributed by atoms with Crippen molar-refractivity contribution in [3.8, 4) is 17.0 Å². The third kappa shape index (κ3) is 5.43. The van der Waals surface area contributed by atoms with Crippen LogP contribution in [0.25, 0.3) is 11.3 Å². The molecule has 1 saturated heterocycles. The van der Waals surface area contributed by atoms with E-state index in [9.17, 15) is 14.0 Å². The van der Waals surface area contributed by atoms with E-state index in [4.69, 9.17) is 14.0 Å². The van der Waals surface area contributed by atoms with E-state index in [2.05, 4.69) is 11.2 Å². The second kappa shape index (κ2) is 11.3. The molecule has 1 unspecified atom stereocenters. The highest BCUT2D eigenvalue weighted by Crippen LogP contribution is 2.30. The minimum Gasteiger partial charge on any atom is -0.491 e. The molecular weight excluding hydrogens is 489 g/mol. The van der Waals surface area contributed by atoms with Crippen molar-refractivity contribution >= 4 is 11.8 Å². The highest BCUT2D eigenvalue weighted by Gasteiger charge is 2.47. The number of hydrogen-bond acceptors (Lipinski definition) is 6. The Morgan fingerprint density at radius 1 is 1.08 bits per heavy atom. The smallest absolute Gasteiger partial charge is 0.292 e. The highest BCUT2D eigenvalue weighted by atomic mass is 19.1. The van der Waals surface area contributed by atoms with Crippen LogP contribution in [-0.2, 0) is 16.0 Å². The lowest BCUT2D eigenvalue weighted by Crippen LogP contribution is -2.62. The number of ether oxygens (including phenoxy) is 2. The first kappa shape index (κ1) is 25.9. The fraction of sp³-hybridized carbons (Fsp3) is 0.414. The number of nitrogens with zero attached hydrogens (tertiary/aromatic N) is 3. The second-order valence-corrected chi connectivity index (χ2v) is 9.70. The molecule has 8 nitrogen and oxygen atoms in total. The van der Waals surface area contributed by atoms with E-state index in [0.717, 1.165) is 30.6 Å². The van der Waals surface area contributed by atoms with Crippen molar-refractivity contribution in [3.05, 3.63) is 71.7 Å². The molecule has 3 heterocycles. The third-order valence-electron chi connectivity index (χ3n) is 7.24. The summed E-state index contributed by atoms with van der Waals surface area (Å²) in [6.07, 6.45) is 2.95. The number of carbonyl (C=O) groups excluding carboxylic acids is 2. The van der Waals surface area contributed by atoms with Gasteiger partial charge in [-0.2, -0.15) is 0 Å². The lowest BCUT2D eigenvalue weighted by Gasteiger charge is -2.43. The maximum atomic E-state index is 13.9. The average molecular weight is 522 g/mol. The van der Waals surface area contributed by atoms with Gasteiger partial charge in [0.25, 0.3) is 11.8 Å². The molecule has 2 amide bonds. The van der Waals surface area contributed by atoms with Crippen molar-refractivity contribution in [2.45, 2.75) is 38.2 Å². The number of fused-ring (bicyclic) bond motifs is 1. The lowest BCUT2D eigenvalue weighted by atomic mass is 9.91. The van der Waals surface area contributed by atoms with Crippen LogP contribution in [0.5, 0.6) is 5.75 Å². The van der Waals surface area contributed by atoms with Crippen molar-refractivity contribution in [1.82, 2.24) is 15.0 Å². The summed E-state index contributed by atoms with van der Waals surface area (Å²) in [6.45, 7) is 3.90. The van der Waals surface area contributed by atoms with E-state index in [-0.39, 0.29) is 30.7 Å². The first-order valence-electron chi connectivity index (χ1n) is 13.1. The van der Waals surface area contributed by atoms with Gasteiger partial charge in [-0.25, -0.2) is 4.39 Å². The molecule has 0 aliphatic carbocycles. The summed E-state index contributed by atoms with van der Waals surface area (Å²) in [5.74, 6) is -0.000162. The van der Waals surface area contributed by atoms with Crippen molar-refractivity contribution in [2.75, 3.05) is 39.4 Å². The van der Waals surface area contributed by atoms with Gasteiger partial charge in [-0.05, 0) is 56.4 Å². The van der Waals surface area contributed by atoms with Crippen molar-refractivity contribution < 1.29 is 28.0 Å². The molecule has 38 heavy (non-hydrogen) atoms. The Bertz CT molecular complexity index is 1290. The van der Waals surface area contributed by atoms with Crippen molar-refractivity contribution in [3.63, 3.8) is 0 Å². The SMILES string of the molecule is CCN1CCOc2ccccc2CCCCC2(CN(C(=O)c3cc(-c4cccc(F)c4)no3)CCO2)C1=O. The van der Waals surface area contributed by atoms with Crippen molar-refractivity contribution in [2.24, 2.45) is 0 Å². The number of hydrogen-bond donors (Lipinski definition) is 0. The Balaban J connectivity index is 1.35. The van der Waals surface area contributed by atoms with E-state index >= 15 is 0 Å². The van der Waals surface area contributed by atoms with Crippen molar-refractivity contribution in [1.29, 1.82) is 0 Å². The molecule has 5 rings (SSSR count). The van der Waals surface area contributed by atoms with E-state index in [1.54, 1.807) is 21.9 Å². The fourth-order valence-electron chi connectivity index (χ4n) is 5.20. The van der Waals surface area contributed by atoms with E-state index in [1.165, 1.54) is 18.2 Å². The topological polar surface area (TPSA) is 85.1 Å². The quantitative estimate of drug-likeness (QED) is 0.510. The molecule has 200 valence electrons. The molecule has 1 aromatic heterocycles. The summed E-state index contributed by atoms with van der Waals surface area (Å²) in [4.78, 5) is 30.6. The Hall–Kier alpha value is -3.72. The third-order valence-corrected chi connectivity index (χ3v) is 7.24. The Kier molecular flexibility index (Phi) is 7.74. The maximum absolute atomic E-state index is 13.9. The van der Waals surface area contributed by atoms with Gasteiger partial charge < -0.3 is 23.8 Å². The van der Waals surface area contributed by atoms with E-state index in [0.29, 0.717) is 43.9 Å². The number of para-hydroxylation sites is 1. The van der Waals surface area contributed by atoms with Gasteiger partial charge in [-0.15, -0.1) is 0 Å². The second-order valence-electron chi connectivity index (χ2n) is 9.70. The molecule has 0 saturated carbocycles. The van der Waals surface area contributed by atoms with Gasteiger partial charge in [-0.1, -0.05) is 35.5 Å². The van der Waals surface area contributed by atoms with Gasteiger partial charge in [0.2, 0.25) is 5.76 Å². The van der Waals surface area contributed by atoms with Crippen LogP contribution in [0.2, 0.25) is 0 Å². The Morgan fingerprint density at radius 2 is 1.95 bits per heavy atom. The number of morpholine rings is 1. The highest BCUT2D eigenvalue weighted by molar-refractivity contribution is 5.94. The molecule has 2 aliphatic heterocycles. The normalized spacial score (nSPS) is 20.8. The predicted molar refractivity (Wildman–Crippen MR) is 138 cm³/mol. The predicted octanol–water partition coefficient (Wildman–Crippen LogP) is 4.35. The molecule has 1 fully saturated rings. The largest absolute Gasteiger partial charge is 0.491 e. The molecule has 9 heteroatoms. The Labute approximate surface area is 221 Å². The van der Waals surface area contributed by atoms with Gasteiger partial charge in [0.05, 0.1) is 19.7 Å². The summed E-state index contributed by atoms with van der Waals surface area (Å²) in [7, 11) is 0. The number of benzene rings is 2. The standard InChI is InChI=1S/C29H32FN3O5/c1-2-32-14-16-36-25-12-4-3-8-21(25)9-5-6-13-29(28(32)35)20-33(15-17-37-29)27(34)26-19-24(31-38-26)22-10-7-11-23(30)18-22/h3-4,7-8,10-12,18-19H,2,5-6,9,13-17,20H2,1H3. The van der Waals surface area contributed by atoms with Gasteiger partial charge in [0, 0.05) is 24.7 Å². The molecule has 0 radical (unpaired) electrons. The number of likely N-dealkylation sites (N-methyl/N-ethyl adjacent to an activating group) is 1. The molecule has 2 aliphatic rings. The van der Waals surface area contributed by atoms with Gasteiger partial charge in [-0.3, -0.25) is 9.59 Å². The molecule has 1 spiro atoms. The summed E-state index contributed by atoms with van der Waals surface area (Å²) in [5.41, 5.74) is 0.893. The number of amides is 2. The molecule has 0 bridgehead atoms. The maximum Gasteiger partial charge on any atom is 0.292 e. The zero-order chi connectivity index (χ0) is 26.5. The van der Waals surface area contributed by atoms with Crippen LogP contribution in [-0.4, -0.2) is 71.8 Å². The lowest BCUT2D eigenvalue weighted by molar-refractivity contribution is -0.170. The van der Waals surface area contributed by atoms with Gasteiger partial charge >= 0.3 is 0 Å². The van der Waals surface area contributed by atoms with Crippen LogP contribution in [0.1, 0.15) is 42.3 Å². The number of aromatic nitrogens is 1. The van der Waals surface area contributed by atoms with Gasteiger partial charge in [0.15, 0.2) is 5.60 Å². The number of carbonyl (C=O) groups is 2. The van der Waals surface area contributed by atoms with Crippen LogP contribution in [0.3, 0.4) is 0 Å².